The lowest BCUT2D eigenvalue weighted by atomic mass is 9.95. The van der Waals surface area contributed by atoms with Crippen molar-refractivity contribution in [3.63, 3.8) is 0 Å². The van der Waals surface area contributed by atoms with Gasteiger partial charge in [0.1, 0.15) is 12.0 Å². The van der Waals surface area contributed by atoms with Gasteiger partial charge in [0.05, 0.1) is 16.7 Å². The highest BCUT2D eigenvalue weighted by molar-refractivity contribution is 7.27. The average Bonchev–Trinajstić information content (AvgIpc) is 3.97. The summed E-state index contributed by atoms with van der Waals surface area (Å²) in [6.07, 6.45) is -0.223. The second-order valence-corrected chi connectivity index (χ2v) is 17.0. The SMILES string of the molecule is CN1C(c2ccccc2)=NC(c2cccc3sc4cccc(-c5cccc6c5sc5cccc(-n7c8ccccc8c8ccccc87)c56)c4c23)=NC1c1ccccc1. The van der Waals surface area contributed by atoms with Gasteiger partial charge < -0.3 is 9.47 Å². The Labute approximate surface area is 342 Å². The summed E-state index contributed by atoms with van der Waals surface area (Å²) >= 11 is 3.73. The van der Waals surface area contributed by atoms with Crippen LogP contribution in [0.4, 0.5) is 0 Å². The highest BCUT2D eigenvalue weighted by atomic mass is 32.1. The topological polar surface area (TPSA) is 32.9 Å². The Morgan fingerprint density at radius 1 is 0.466 bits per heavy atom. The zero-order valence-corrected chi connectivity index (χ0v) is 33.1. The van der Waals surface area contributed by atoms with Gasteiger partial charge in [0, 0.05) is 74.9 Å². The first-order valence-corrected chi connectivity index (χ1v) is 21.2. The van der Waals surface area contributed by atoms with E-state index in [1.54, 1.807) is 0 Å². The first-order valence-electron chi connectivity index (χ1n) is 19.6. The molecule has 0 spiro atoms. The van der Waals surface area contributed by atoms with Crippen LogP contribution in [0.2, 0.25) is 0 Å². The van der Waals surface area contributed by atoms with E-state index >= 15 is 0 Å². The van der Waals surface area contributed by atoms with Crippen molar-refractivity contribution < 1.29 is 0 Å². The van der Waals surface area contributed by atoms with Gasteiger partial charge in [-0.2, -0.15) is 0 Å². The molecule has 6 heteroatoms. The minimum atomic E-state index is -0.223. The number of para-hydroxylation sites is 2. The van der Waals surface area contributed by atoms with Crippen LogP contribution in [0.1, 0.15) is 22.9 Å². The fraction of sp³-hybridized carbons (Fsp3) is 0.0385. The highest BCUT2D eigenvalue weighted by Gasteiger charge is 2.28. The number of benzene rings is 8. The second-order valence-electron chi connectivity index (χ2n) is 14.9. The molecule has 274 valence electrons. The van der Waals surface area contributed by atoms with Gasteiger partial charge in [0.25, 0.3) is 0 Å². The molecule has 12 rings (SSSR count). The van der Waals surface area contributed by atoms with E-state index < -0.39 is 0 Å². The Bertz CT molecular complexity index is 3430. The van der Waals surface area contributed by atoms with Crippen molar-refractivity contribution in [2.45, 2.75) is 6.17 Å². The molecule has 0 radical (unpaired) electrons. The smallest absolute Gasteiger partial charge is 0.160 e. The molecule has 0 amide bonds. The van der Waals surface area contributed by atoms with E-state index in [1.165, 1.54) is 79.0 Å². The summed E-state index contributed by atoms with van der Waals surface area (Å²) in [5.74, 6) is 1.66. The highest BCUT2D eigenvalue weighted by Crippen LogP contribution is 2.48. The predicted octanol–water partition coefficient (Wildman–Crippen LogP) is 14.0. The first-order chi connectivity index (χ1) is 28.7. The largest absolute Gasteiger partial charge is 0.333 e. The molecule has 11 aromatic rings. The van der Waals surface area contributed by atoms with E-state index in [2.05, 4.69) is 199 Å². The monoisotopic (exact) mass is 778 g/mol. The molecule has 58 heavy (non-hydrogen) atoms. The number of thiophene rings is 2. The summed E-state index contributed by atoms with van der Waals surface area (Å²) in [5, 5.41) is 7.55. The van der Waals surface area contributed by atoms with Gasteiger partial charge in [-0.15, -0.1) is 22.7 Å². The van der Waals surface area contributed by atoms with Crippen molar-refractivity contribution in [3.05, 3.63) is 199 Å². The van der Waals surface area contributed by atoms with Crippen LogP contribution in [0.15, 0.2) is 192 Å². The summed E-state index contributed by atoms with van der Waals surface area (Å²) in [7, 11) is 2.10. The maximum atomic E-state index is 5.43. The van der Waals surface area contributed by atoms with Crippen LogP contribution in [0, 0.1) is 0 Å². The van der Waals surface area contributed by atoms with Gasteiger partial charge in [0.2, 0.25) is 0 Å². The van der Waals surface area contributed by atoms with Gasteiger partial charge >= 0.3 is 0 Å². The number of hydrogen-bond donors (Lipinski definition) is 0. The fourth-order valence-electron chi connectivity index (χ4n) is 9.12. The number of amidine groups is 2. The third kappa shape index (κ3) is 4.99. The molecule has 1 unspecified atom stereocenters. The zero-order valence-electron chi connectivity index (χ0n) is 31.5. The Balaban J connectivity index is 1.10. The van der Waals surface area contributed by atoms with E-state index in [-0.39, 0.29) is 6.17 Å². The van der Waals surface area contributed by atoms with Crippen molar-refractivity contribution in [3.8, 4) is 16.8 Å². The Morgan fingerprint density at radius 2 is 1.02 bits per heavy atom. The molecule has 1 aliphatic rings. The molecule has 4 heterocycles. The third-order valence-electron chi connectivity index (χ3n) is 11.7. The second kappa shape index (κ2) is 13.1. The van der Waals surface area contributed by atoms with Crippen molar-refractivity contribution in [2.75, 3.05) is 7.05 Å². The van der Waals surface area contributed by atoms with E-state index in [0.717, 1.165) is 28.4 Å². The molecule has 8 aromatic carbocycles. The first kappa shape index (κ1) is 33.3. The zero-order chi connectivity index (χ0) is 38.3. The Morgan fingerprint density at radius 3 is 1.74 bits per heavy atom. The molecule has 3 aromatic heterocycles. The molecule has 0 N–H and O–H groups in total. The number of rotatable bonds is 5. The minimum absolute atomic E-state index is 0.223. The third-order valence-corrected chi connectivity index (χ3v) is 14.0. The van der Waals surface area contributed by atoms with Crippen molar-refractivity contribution in [1.29, 1.82) is 0 Å². The lowest BCUT2D eigenvalue weighted by Crippen LogP contribution is -2.35. The van der Waals surface area contributed by atoms with Crippen LogP contribution in [0.25, 0.3) is 79.0 Å². The molecule has 0 saturated carbocycles. The molecule has 4 nitrogen and oxygen atoms in total. The van der Waals surface area contributed by atoms with Crippen LogP contribution in [-0.4, -0.2) is 28.2 Å². The summed E-state index contributed by atoms with van der Waals surface area (Å²) in [5.41, 5.74) is 9.37. The quantitative estimate of drug-likeness (QED) is 0.171. The molecular weight excluding hydrogens is 745 g/mol. The lowest BCUT2D eigenvalue weighted by molar-refractivity contribution is 0.383. The number of aromatic nitrogens is 1. The molecular formula is C52H34N4S2. The van der Waals surface area contributed by atoms with Crippen LogP contribution >= 0.6 is 22.7 Å². The predicted molar refractivity (Wildman–Crippen MR) is 248 cm³/mol. The summed E-state index contributed by atoms with van der Waals surface area (Å²) in [6, 6.07) is 65.6. The van der Waals surface area contributed by atoms with Gasteiger partial charge in [-0.05, 0) is 47.5 Å². The number of fused-ring (bicyclic) bond motifs is 9. The van der Waals surface area contributed by atoms with E-state index in [0.29, 0.717) is 0 Å². The molecule has 1 aliphatic heterocycles. The maximum absolute atomic E-state index is 5.43. The molecule has 1 atom stereocenters. The van der Waals surface area contributed by atoms with Gasteiger partial charge in [0.15, 0.2) is 5.84 Å². The Kier molecular flexibility index (Phi) is 7.52. The van der Waals surface area contributed by atoms with Crippen molar-refractivity contribution in [1.82, 2.24) is 9.47 Å². The number of nitrogens with zero attached hydrogens (tertiary/aromatic N) is 4. The molecule has 0 bridgehead atoms. The van der Waals surface area contributed by atoms with E-state index in [9.17, 15) is 0 Å². The van der Waals surface area contributed by atoms with Crippen LogP contribution in [0.3, 0.4) is 0 Å². The minimum Gasteiger partial charge on any atom is -0.333 e. The maximum Gasteiger partial charge on any atom is 0.160 e. The van der Waals surface area contributed by atoms with Crippen LogP contribution in [0.5, 0.6) is 0 Å². The number of hydrogen-bond acceptors (Lipinski definition) is 5. The van der Waals surface area contributed by atoms with E-state index in [1.807, 2.05) is 22.7 Å². The molecule has 0 aliphatic carbocycles. The van der Waals surface area contributed by atoms with Gasteiger partial charge in [-0.3, -0.25) is 0 Å². The molecule has 0 fully saturated rings. The lowest BCUT2D eigenvalue weighted by Gasteiger charge is -2.32. The normalized spacial score (nSPS) is 14.6. The summed E-state index contributed by atoms with van der Waals surface area (Å²) < 4.78 is 7.51. The van der Waals surface area contributed by atoms with Gasteiger partial charge in [-0.25, -0.2) is 9.98 Å². The van der Waals surface area contributed by atoms with Crippen LogP contribution in [-0.2, 0) is 0 Å². The average molecular weight is 779 g/mol. The summed E-state index contributed by atoms with van der Waals surface area (Å²) in [4.78, 5) is 13.0. The molecule has 0 saturated heterocycles. The van der Waals surface area contributed by atoms with E-state index in [4.69, 9.17) is 9.98 Å². The van der Waals surface area contributed by atoms with Gasteiger partial charge in [-0.1, -0.05) is 146 Å². The van der Waals surface area contributed by atoms with Crippen molar-refractivity contribution in [2.24, 2.45) is 9.98 Å². The standard InChI is InChI=1S/C52H34N4S2/c1-55-51(32-16-4-2-5-17-32)53-50(54-52(55)33-18-6-3-7-19-33)39-25-14-30-45-48(39)47-36(22-13-29-44(47)57-45)37-23-12-24-38-46-42(28-15-31-43(46)58-49(37)38)56-40-26-10-8-20-34(40)35-21-9-11-27-41(35)56/h2-31,51H,1H3. The fourth-order valence-corrected chi connectivity index (χ4v) is 11.5. The Hall–Kier alpha value is -6.86. The van der Waals surface area contributed by atoms with Crippen LogP contribution < -0.4 is 0 Å². The number of aliphatic imine (C=N–C) groups is 2. The van der Waals surface area contributed by atoms with Crippen molar-refractivity contribution >= 4 is 96.5 Å². The summed E-state index contributed by atoms with van der Waals surface area (Å²) in [6.45, 7) is 0.